The van der Waals surface area contributed by atoms with Crippen LogP contribution in [0.4, 0.5) is 8.78 Å². The van der Waals surface area contributed by atoms with Gasteiger partial charge >= 0.3 is 0 Å². The maximum absolute atomic E-state index is 14.9. The van der Waals surface area contributed by atoms with E-state index in [2.05, 4.69) is 6.92 Å². The lowest BCUT2D eigenvalue weighted by Crippen LogP contribution is -1.94. The predicted molar refractivity (Wildman–Crippen MR) is 123 cm³/mol. The minimum atomic E-state index is -0.828. The number of halogens is 2. The van der Waals surface area contributed by atoms with Gasteiger partial charge in [0.05, 0.1) is 6.61 Å². The van der Waals surface area contributed by atoms with Crippen LogP contribution in [0.15, 0.2) is 84.9 Å². The Hall–Kier alpha value is -3.46. The number of rotatable bonds is 6. The van der Waals surface area contributed by atoms with E-state index in [1.165, 1.54) is 0 Å². The standard InChI is InChI=1S/C28H24F2O/c1-3-19-5-7-22(8-6-19)25-17-18-26(28(30)27(25)29)23-11-9-20(10-12-23)21-13-15-24(16-14-21)31-4-2/h5-18H,3-4H2,1-2H3. The van der Waals surface area contributed by atoms with Crippen molar-refractivity contribution in [1.82, 2.24) is 0 Å². The van der Waals surface area contributed by atoms with Gasteiger partial charge in [-0.1, -0.05) is 79.7 Å². The molecule has 0 aromatic heterocycles. The van der Waals surface area contributed by atoms with E-state index in [-0.39, 0.29) is 11.1 Å². The Morgan fingerprint density at radius 2 is 0.968 bits per heavy atom. The molecule has 1 nitrogen and oxygen atoms in total. The molecular weight excluding hydrogens is 390 g/mol. The van der Waals surface area contributed by atoms with E-state index in [4.69, 9.17) is 4.74 Å². The van der Waals surface area contributed by atoms with Crippen LogP contribution in [0.1, 0.15) is 19.4 Å². The zero-order chi connectivity index (χ0) is 21.8. The summed E-state index contributed by atoms with van der Waals surface area (Å²) in [7, 11) is 0. The fraction of sp³-hybridized carbons (Fsp3) is 0.143. The second-order valence-electron chi connectivity index (χ2n) is 7.37. The quantitative estimate of drug-likeness (QED) is 0.311. The third kappa shape index (κ3) is 4.36. The Morgan fingerprint density at radius 3 is 1.42 bits per heavy atom. The second-order valence-corrected chi connectivity index (χ2v) is 7.37. The Labute approximate surface area is 182 Å². The van der Waals surface area contributed by atoms with E-state index in [0.29, 0.717) is 17.7 Å². The number of hydrogen-bond acceptors (Lipinski definition) is 1. The lowest BCUT2D eigenvalue weighted by molar-refractivity contribution is 0.340. The molecule has 156 valence electrons. The third-order valence-corrected chi connectivity index (χ3v) is 5.45. The second kappa shape index (κ2) is 9.13. The molecule has 0 saturated carbocycles. The minimum Gasteiger partial charge on any atom is -0.494 e. The minimum absolute atomic E-state index is 0.254. The highest BCUT2D eigenvalue weighted by atomic mass is 19.2. The van der Waals surface area contributed by atoms with Gasteiger partial charge in [0.25, 0.3) is 0 Å². The van der Waals surface area contributed by atoms with Crippen molar-refractivity contribution in [2.24, 2.45) is 0 Å². The first-order valence-corrected chi connectivity index (χ1v) is 10.5. The zero-order valence-corrected chi connectivity index (χ0v) is 17.7. The van der Waals surface area contributed by atoms with Gasteiger partial charge in [-0.3, -0.25) is 0 Å². The summed E-state index contributed by atoms with van der Waals surface area (Å²) in [5.41, 5.74) is 5.03. The van der Waals surface area contributed by atoms with E-state index in [1.54, 1.807) is 12.1 Å². The Balaban J connectivity index is 1.61. The van der Waals surface area contributed by atoms with E-state index in [0.717, 1.165) is 28.9 Å². The van der Waals surface area contributed by atoms with E-state index >= 15 is 0 Å². The molecule has 31 heavy (non-hydrogen) atoms. The summed E-state index contributed by atoms with van der Waals surface area (Å²) in [4.78, 5) is 0. The zero-order valence-electron chi connectivity index (χ0n) is 17.7. The molecule has 0 radical (unpaired) electrons. The summed E-state index contributed by atoms with van der Waals surface area (Å²) in [6, 6.07) is 26.1. The molecule has 0 saturated heterocycles. The van der Waals surface area contributed by atoms with Gasteiger partial charge in [-0.05, 0) is 53.3 Å². The number of aryl methyl sites for hydroxylation is 1. The molecular formula is C28H24F2O. The SMILES string of the molecule is CCOc1ccc(-c2ccc(-c3ccc(-c4ccc(CC)cc4)c(F)c3F)cc2)cc1. The third-order valence-electron chi connectivity index (χ3n) is 5.45. The molecule has 4 aromatic rings. The lowest BCUT2D eigenvalue weighted by atomic mass is 9.96. The van der Waals surface area contributed by atoms with Crippen LogP contribution in [-0.4, -0.2) is 6.61 Å². The van der Waals surface area contributed by atoms with Gasteiger partial charge in [0.15, 0.2) is 11.6 Å². The largest absolute Gasteiger partial charge is 0.494 e. The Morgan fingerprint density at radius 1 is 0.548 bits per heavy atom. The number of hydrogen-bond donors (Lipinski definition) is 0. The summed E-state index contributed by atoms with van der Waals surface area (Å²) >= 11 is 0. The smallest absolute Gasteiger partial charge is 0.167 e. The fourth-order valence-electron chi connectivity index (χ4n) is 3.67. The first kappa shape index (κ1) is 20.8. The molecule has 0 aliphatic carbocycles. The van der Waals surface area contributed by atoms with Crippen LogP contribution in [0.5, 0.6) is 5.75 Å². The van der Waals surface area contributed by atoms with Gasteiger partial charge in [-0.2, -0.15) is 0 Å². The van der Waals surface area contributed by atoms with Crippen molar-refractivity contribution in [1.29, 1.82) is 0 Å². The van der Waals surface area contributed by atoms with E-state index in [1.807, 2.05) is 79.7 Å². The maximum atomic E-state index is 14.9. The van der Waals surface area contributed by atoms with Gasteiger partial charge < -0.3 is 4.74 Å². The summed E-state index contributed by atoms with van der Waals surface area (Å²) in [5, 5.41) is 0. The van der Waals surface area contributed by atoms with Crippen LogP contribution < -0.4 is 4.74 Å². The predicted octanol–water partition coefficient (Wildman–Crippen LogP) is 7.93. The van der Waals surface area contributed by atoms with Crippen LogP contribution in [0.2, 0.25) is 0 Å². The Kier molecular flexibility index (Phi) is 6.13. The summed E-state index contributed by atoms with van der Waals surface area (Å²) < 4.78 is 35.3. The molecule has 0 N–H and O–H groups in total. The molecule has 0 fully saturated rings. The number of benzene rings is 4. The summed E-state index contributed by atoms with van der Waals surface area (Å²) in [6.07, 6.45) is 0.905. The van der Waals surface area contributed by atoms with Gasteiger partial charge in [0, 0.05) is 11.1 Å². The maximum Gasteiger partial charge on any atom is 0.167 e. The molecule has 0 unspecified atom stereocenters. The van der Waals surface area contributed by atoms with Crippen LogP contribution in [0.25, 0.3) is 33.4 Å². The Bertz CT molecular complexity index is 1160. The van der Waals surface area contributed by atoms with Gasteiger partial charge in [-0.15, -0.1) is 0 Å². The van der Waals surface area contributed by atoms with E-state index < -0.39 is 11.6 Å². The summed E-state index contributed by atoms with van der Waals surface area (Å²) in [5.74, 6) is -0.826. The molecule has 0 spiro atoms. The highest BCUT2D eigenvalue weighted by molar-refractivity contribution is 5.74. The van der Waals surface area contributed by atoms with Crippen molar-refractivity contribution in [3.05, 3.63) is 102 Å². The summed E-state index contributed by atoms with van der Waals surface area (Å²) in [6.45, 7) is 4.63. The first-order valence-electron chi connectivity index (χ1n) is 10.5. The molecule has 0 atom stereocenters. The number of ether oxygens (including phenoxy) is 1. The van der Waals surface area contributed by atoms with Crippen molar-refractivity contribution in [3.63, 3.8) is 0 Å². The van der Waals surface area contributed by atoms with Gasteiger partial charge in [0.2, 0.25) is 0 Å². The lowest BCUT2D eigenvalue weighted by Gasteiger charge is -2.11. The van der Waals surface area contributed by atoms with Crippen LogP contribution >= 0.6 is 0 Å². The van der Waals surface area contributed by atoms with Crippen molar-refractivity contribution in [3.8, 4) is 39.1 Å². The van der Waals surface area contributed by atoms with Crippen LogP contribution in [-0.2, 0) is 6.42 Å². The molecule has 4 aromatic carbocycles. The van der Waals surface area contributed by atoms with Crippen molar-refractivity contribution in [2.45, 2.75) is 20.3 Å². The van der Waals surface area contributed by atoms with E-state index in [9.17, 15) is 8.78 Å². The normalized spacial score (nSPS) is 10.8. The molecule has 0 heterocycles. The van der Waals surface area contributed by atoms with Crippen molar-refractivity contribution >= 4 is 0 Å². The molecule has 0 amide bonds. The molecule has 0 bridgehead atoms. The highest BCUT2D eigenvalue weighted by Gasteiger charge is 2.16. The van der Waals surface area contributed by atoms with Gasteiger partial charge in [-0.25, -0.2) is 8.78 Å². The monoisotopic (exact) mass is 414 g/mol. The molecule has 0 aliphatic heterocycles. The molecule has 0 aliphatic rings. The average Bonchev–Trinajstić information content (AvgIpc) is 2.82. The first-order chi connectivity index (χ1) is 15.1. The molecule has 3 heteroatoms. The highest BCUT2D eigenvalue weighted by Crippen LogP contribution is 2.33. The van der Waals surface area contributed by atoms with Gasteiger partial charge in [0.1, 0.15) is 5.75 Å². The van der Waals surface area contributed by atoms with Crippen molar-refractivity contribution < 1.29 is 13.5 Å². The van der Waals surface area contributed by atoms with Crippen LogP contribution in [0.3, 0.4) is 0 Å². The topological polar surface area (TPSA) is 9.23 Å². The fourth-order valence-corrected chi connectivity index (χ4v) is 3.67. The van der Waals surface area contributed by atoms with Crippen LogP contribution in [0, 0.1) is 11.6 Å². The molecule has 4 rings (SSSR count). The average molecular weight is 414 g/mol. The van der Waals surface area contributed by atoms with Crippen molar-refractivity contribution in [2.75, 3.05) is 6.61 Å².